The lowest BCUT2D eigenvalue weighted by molar-refractivity contribution is 0.0694. The number of nitrogens with zero attached hydrogens (tertiary/aromatic N) is 1. The lowest BCUT2D eigenvalue weighted by Gasteiger charge is -2.40. The molecule has 0 spiro atoms. The van der Waals surface area contributed by atoms with Gasteiger partial charge in [0.1, 0.15) is 0 Å². The van der Waals surface area contributed by atoms with Crippen molar-refractivity contribution in [2.45, 2.75) is 64.1 Å². The largest absolute Gasteiger partial charge is 0.378 e. The molecule has 2 rings (SSSR count). The van der Waals surface area contributed by atoms with Gasteiger partial charge in [0.05, 0.1) is 6.10 Å². The number of rotatable bonds is 5. The van der Waals surface area contributed by atoms with E-state index in [-0.39, 0.29) is 0 Å². The summed E-state index contributed by atoms with van der Waals surface area (Å²) < 4.78 is 5.72. The molecule has 2 aliphatic rings. The third kappa shape index (κ3) is 3.67. The van der Waals surface area contributed by atoms with E-state index in [0.29, 0.717) is 12.1 Å². The van der Waals surface area contributed by atoms with Crippen LogP contribution in [0.5, 0.6) is 0 Å². The topological polar surface area (TPSA) is 24.5 Å². The molecule has 0 aromatic heterocycles. The summed E-state index contributed by atoms with van der Waals surface area (Å²) >= 11 is 0. The quantitative estimate of drug-likeness (QED) is 0.795. The third-order valence-corrected chi connectivity index (χ3v) is 4.34. The number of hydrogen-bond donors (Lipinski definition) is 1. The van der Waals surface area contributed by atoms with E-state index in [1.54, 1.807) is 0 Å². The van der Waals surface area contributed by atoms with Gasteiger partial charge in [-0.25, -0.2) is 0 Å². The molecular weight excluding hydrogens is 212 g/mol. The van der Waals surface area contributed by atoms with Gasteiger partial charge in [-0.1, -0.05) is 13.8 Å². The molecule has 1 N–H and O–H groups in total. The van der Waals surface area contributed by atoms with Crippen molar-refractivity contribution in [2.24, 2.45) is 0 Å². The van der Waals surface area contributed by atoms with Gasteiger partial charge in [0.25, 0.3) is 0 Å². The Balaban J connectivity index is 1.77. The maximum absolute atomic E-state index is 5.72. The zero-order valence-corrected chi connectivity index (χ0v) is 11.5. The van der Waals surface area contributed by atoms with Gasteiger partial charge in [-0.3, -0.25) is 4.90 Å². The van der Waals surface area contributed by atoms with Gasteiger partial charge in [-0.05, 0) is 32.1 Å². The molecule has 100 valence electrons. The maximum Gasteiger partial charge on any atom is 0.0588 e. The highest BCUT2D eigenvalue weighted by Gasteiger charge is 2.26. The fourth-order valence-corrected chi connectivity index (χ4v) is 3.06. The van der Waals surface area contributed by atoms with Gasteiger partial charge >= 0.3 is 0 Å². The van der Waals surface area contributed by atoms with Crippen LogP contribution < -0.4 is 5.32 Å². The monoisotopic (exact) mass is 240 g/mol. The van der Waals surface area contributed by atoms with Crippen LogP contribution in [0.3, 0.4) is 0 Å². The Bertz CT molecular complexity index is 216. The normalized spacial score (nSPS) is 35.3. The van der Waals surface area contributed by atoms with Gasteiger partial charge in [-0.2, -0.15) is 0 Å². The number of hydrogen-bond acceptors (Lipinski definition) is 3. The van der Waals surface area contributed by atoms with Crippen molar-refractivity contribution < 1.29 is 4.74 Å². The van der Waals surface area contributed by atoms with Crippen LogP contribution in [0.1, 0.15) is 46.0 Å². The fraction of sp³-hybridized carbons (Fsp3) is 1.00. The van der Waals surface area contributed by atoms with Crippen molar-refractivity contribution in [3.8, 4) is 0 Å². The predicted molar refractivity (Wildman–Crippen MR) is 71.3 cm³/mol. The average molecular weight is 240 g/mol. The minimum absolute atomic E-state index is 0.544. The summed E-state index contributed by atoms with van der Waals surface area (Å²) in [6, 6.07) is 1.43. The van der Waals surface area contributed by atoms with E-state index < -0.39 is 0 Å². The molecule has 17 heavy (non-hydrogen) atoms. The van der Waals surface area contributed by atoms with E-state index in [1.807, 2.05) is 0 Å². The smallest absolute Gasteiger partial charge is 0.0588 e. The van der Waals surface area contributed by atoms with E-state index in [2.05, 4.69) is 24.1 Å². The highest BCUT2D eigenvalue weighted by Crippen LogP contribution is 2.18. The Kier molecular flexibility index (Phi) is 5.26. The third-order valence-electron chi connectivity index (χ3n) is 4.34. The van der Waals surface area contributed by atoms with Crippen molar-refractivity contribution in [1.82, 2.24) is 10.2 Å². The van der Waals surface area contributed by atoms with Gasteiger partial charge in [-0.15, -0.1) is 0 Å². The SMILES string of the molecule is CCC1CN(CCC2CCCO2)C(CC)CN1. The molecular formula is C14H28N2O. The first-order chi connectivity index (χ1) is 8.33. The molecule has 2 fully saturated rings. The minimum Gasteiger partial charge on any atom is -0.378 e. The molecule has 2 heterocycles. The second kappa shape index (κ2) is 6.72. The summed E-state index contributed by atoms with van der Waals surface area (Å²) in [5.74, 6) is 0. The Morgan fingerprint density at radius 3 is 2.82 bits per heavy atom. The molecule has 2 aliphatic heterocycles. The molecule has 0 radical (unpaired) electrons. The summed E-state index contributed by atoms with van der Waals surface area (Å²) in [4.78, 5) is 2.69. The summed E-state index contributed by atoms with van der Waals surface area (Å²) in [6.45, 7) is 9.19. The van der Waals surface area contributed by atoms with Crippen molar-refractivity contribution >= 4 is 0 Å². The van der Waals surface area contributed by atoms with Crippen LogP contribution in [-0.4, -0.2) is 49.3 Å². The Hall–Kier alpha value is -0.120. The van der Waals surface area contributed by atoms with Gasteiger partial charge in [0.2, 0.25) is 0 Å². The lowest BCUT2D eigenvalue weighted by atomic mass is 10.0. The van der Waals surface area contributed by atoms with E-state index in [1.165, 1.54) is 51.7 Å². The molecule has 3 nitrogen and oxygen atoms in total. The molecule has 0 aromatic rings. The molecule has 0 aromatic carbocycles. The molecule has 3 unspecified atom stereocenters. The first-order valence-electron chi connectivity index (χ1n) is 7.42. The van der Waals surface area contributed by atoms with Crippen molar-refractivity contribution in [1.29, 1.82) is 0 Å². The minimum atomic E-state index is 0.544. The Morgan fingerprint density at radius 1 is 1.29 bits per heavy atom. The molecule has 0 saturated carbocycles. The highest BCUT2D eigenvalue weighted by molar-refractivity contribution is 4.85. The zero-order valence-electron chi connectivity index (χ0n) is 11.5. The number of ether oxygens (including phenoxy) is 1. The van der Waals surface area contributed by atoms with Crippen LogP contribution in [0.15, 0.2) is 0 Å². The second-order valence-electron chi connectivity index (χ2n) is 5.49. The van der Waals surface area contributed by atoms with Crippen LogP contribution in [-0.2, 0) is 4.74 Å². The first kappa shape index (κ1) is 13.3. The molecule has 3 atom stereocenters. The van der Waals surface area contributed by atoms with Crippen LogP contribution in [0.25, 0.3) is 0 Å². The lowest BCUT2D eigenvalue weighted by Crippen LogP contribution is -2.56. The van der Waals surface area contributed by atoms with Crippen LogP contribution in [0.4, 0.5) is 0 Å². The van der Waals surface area contributed by atoms with Crippen LogP contribution >= 0.6 is 0 Å². The van der Waals surface area contributed by atoms with E-state index >= 15 is 0 Å². The average Bonchev–Trinajstić information content (AvgIpc) is 2.89. The summed E-state index contributed by atoms with van der Waals surface area (Å²) in [5, 5.41) is 3.65. The molecule has 0 aliphatic carbocycles. The van der Waals surface area contributed by atoms with Gasteiger partial charge in [0, 0.05) is 38.3 Å². The predicted octanol–water partition coefficient (Wildman–Crippen LogP) is 2.02. The van der Waals surface area contributed by atoms with Crippen molar-refractivity contribution in [3.05, 3.63) is 0 Å². The summed E-state index contributed by atoms with van der Waals surface area (Å²) in [5.41, 5.74) is 0. The van der Waals surface area contributed by atoms with Crippen LogP contribution in [0.2, 0.25) is 0 Å². The van der Waals surface area contributed by atoms with E-state index in [9.17, 15) is 0 Å². The van der Waals surface area contributed by atoms with Crippen molar-refractivity contribution in [2.75, 3.05) is 26.2 Å². The standard InChI is InChI=1S/C14H28N2O/c1-3-12-11-16(13(4-2)10-15-12)8-7-14-6-5-9-17-14/h12-15H,3-11H2,1-2H3. The number of piperazine rings is 1. The molecule has 2 saturated heterocycles. The molecule has 0 bridgehead atoms. The van der Waals surface area contributed by atoms with Gasteiger partial charge < -0.3 is 10.1 Å². The molecule has 3 heteroatoms. The summed E-state index contributed by atoms with van der Waals surface area (Å²) in [7, 11) is 0. The fourth-order valence-electron chi connectivity index (χ4n) is 3.06. The zero-order chi connectivity index (χ0) is 12.1. The Labute approximate surface area is 106 Å². The Morgan fingerprint density at radius 2 is 2.18 bits per heavy atom. The maximum atomic E-state index is 5.72. The van der Waals surface area contributed by atoms with Gasteiger partial charge in [0.15, 0.2) is 0 Å². The molecule has 0 amide bonds. The van der Waals surface area contributed by atoms with E-state index in [4.69, 9.17) is 4.74 Å². The van der Waals surface area contributed by atoms with Crippen LogP contribution in [0, 0.1) is 0 Å². The summed E-state index contributed by atoms with van der Waals surface area (Å²) in [6.07, 6.45) is 6.82. The first-order valence-corrected chi connectivity index (χ1v) is 7.42. The number of nitrogens with one attached hydrogen (secondary N) is 1. The van der Waals surface area contributed by atoms with Crippen molar-refractivity contribution in [3.63, 3.8) is 0 Å². The van der Waals surface area contributed by atoms with E-state index in [0.717, 1.165) is 12.6 Å². The second-order valence-corrected chi connectivity index (χ2v) is 5.49. The highest BCUT2D eigenvalue weighted by atomic mass is 16.5.